The van der Waals surface area contributed by atoms with Crippen molar-refractivity contribution in [1.29, 1.82) is 0 Å². The second kappa shape index (κ2) is 6.20. The van der Waals surface area contributed by atoms with Crippen molar-refractivity contribution in [1.82, 2.24) is 4.90 Å². The molecule has 0 heterocycles. The van der Waals surface area contributed by atoms with Crippen LogP contribution in [0, 0.1) is 5.41 Å². The Hall–Kier alpha value is -0.300. The molecule has 0 spiro atoms. The average molecular weight is 183 g/mol. The molecule has 0 rings (SSSR count). The van der Waals surface area contributed by atoms with Crippen LogP contribution in [-0.4, -0.2) is 25.5 Å². The summed E-state index contributed by atoms with van der Waals surface area (Å²) < 4.78 is 0. The van der Waals surface area contributed by atoms with Gasteiger partial charge in [0.25, 0.3) is 0 Å². The smallest absolute Gasteiger partial charge is 0.0157 e. The Bertz CT molecular complexity index is 145. The van der Waals surface area contributed by atoms with Gasteiger partial charge in [-0.05, 0) is 32.4 Å². The fourth-order valence-electron chi connectivity index (χ4n) is 1.47. The van der Waals surface area contributed by atoms with Crippen LogP contribution in [0.1, 0.15) is 40.0 Å². The highest BCUT2D eigenvalue weighted by atomic mass is 15.0. The molecular formula is C12H25N. The molecule has 0 aromatic rings. The molecule has 0 amide bonds. The van der Waals surface area contributed by atoms with Gasteiger partial charge in [0, 0.05) is 6.54 Å². The van der Waals surface area contributed by atoms with Crippen LogP contribution in [0.4, 0.5) is 0 Å². The number of hydrogen-bond acceptors (Lipinski definition) is 1. The van der Waals surface area contributed by atoms with Gasteiger partial charge in [-0.3, -0.25) is 0 Å². The summed E-state index contributed by atoms with van der Waals surface area (Å²) in [5.74, 6) is 0. The first-order valence-electron chi connectivity index (χ1n) is 5.27. The van der Waals surface area contributed by atoms with Gasteiger partial charge >= 0.3 is 0 Å². The second-order valence-corrected chi connectivity index (χ2v) is 4.85. The average Bonchev–Trinajstić information content (AvgIpc) is 1.98. The fraction of sp³-hybridized carbons (Fsp3) is 0.833. The molecule has 13 heavy (non-hydrogen) atoms. The predicted molar refractivity (Wildman–Crippen MR) is 61.0 cm³/mol. The quantitative estimate of drug-likeness (QED) is 0.571. The molecule has 0 unspecified atom stereocenters. The Morgan fingerprint density at radius 2 is 1.77 bits per heavy atom. The minimum Gasteiger partial charge on any atom is -0.306 e. The monoisotopic (exact) mass is 183 g/mol. The lowest BCUT2D eigenvalue weighted by atomic mass is 9.84. The number of hydrogen-bond donors (Lipinski definition) is 0. The highest BCUT2D eigenvalue weighted by molar-refractivity contribution is 4.88. The molecule has 0 saturated carbocycles. The minimum absolute atomic E-state index is 0.484. The molecule has 0 aliphatic heterocycles. The van der Waals surface area contributed by atoms with E-state index in [0.29, 0.717) is 5.41 Å². The van der Waals surface area contributed by atoms with E-state index in [2.05, 4.69) is 51.9 Å². The third-order valence-corrected chi connectivity index (χ3v) is 2.23. The Kier molecular flexibility index (Phi) is 6.06. The fourth-order valence-corrected chi connectivity index (χ4v) is 1.47. The maximum absolute atomic E-state index is 2.34. The molecule has 0 aromatic carbocycles. The molecule has 0 bridgehead atoms. The molecule has 0 aliphatic carbocycles. The highest BCUT2D eigenvalue weighted by Crippen LogP contribution is 2.26. The van der Waals surface area contributed by atoms with Gasteiger partial charge in [0.15, 0.2) is 0 Å². The van der Waals surface area contributed by atoms with Gasteiger partial charge in [-0.1, -0.05) is 39.3 Å². The lowest BCUT2D eigenvalue weighted by Gasteiger charge is -2.21. The van der Waals surface area contributed by atoms with Crippen LogP contribution in [-0.2, 0) is 0 Å². The van der Waals surface area contributed by atoms with Crippen molar-refractivity contribution in [3.05, 3.63) is 12.2 Å². The summed E-state index contributed by atoms with van der Waals surface area (Å²) in [6, 6.07) is 0. The van der Waals surface area contributed by atoms with Crippen LogP contribution in [0.3, 0.4) is 0 Å². The zero-order valence-corrected chi connectivity index (χ0v) is 9.93. The van der Waals surface area contributed by atoms with Crippen molar-refractivity contribution < 1.29 is 0 Å². The topological polar surface area (TPSA) is 3.24 Å². The SMILES string of the molecule is CCCC(C)(C)C/C=C/CN(C)C. The Labute approximate surface area is 83.8 Å². The summed E-state index contributed by atoms with van der Waals surface area (Å²) in [6.45, 7) is 8.00. The van der Waals surface area contributed by atoms with E-state index in [-0.39, 0.29) is 0 Å². The van der Waals surface area contributed by atoms with Gasteiger partial charge < -0.3 is 4.90 Å². The molecule has 1 nitrogen and oxygen atoms in total. The van der Waals surface area contributed by atoms with Crippen LogP contribution >= 0.6 is 0 Å². The number of rotatable bonds is 6. The van der Waals surface area contributed by atoms with E-state index in [1.165, 1.54) is 19.3 Å². The first kappa shape index (κ1) is 12.7. The highest BCUT2D eigenvalue weighted by Gasteiger charge is 2.13. The lowest BCUT2D eigenvalue weighted by Crippen LogP contribution is -2.12. The van der Waals surface area contributed by atoms with Crippen LogP contribution in [0.2, 0.25) is 0 Å². The molecule has 78 valence electrons. The van der Waals surface area contributed by atoms with E-state index < -0.39 is 0 Å². The van der Waals surface area contributed by atoms with Crippen molar-refractivity contribution in [2.24, 2.45) is 5.41 Å². The van der Waals surface area contributed by atoms with Crippen LogP contribution in [0.15, 0.2) is 12.2 Å². The first-order valence-corrected chi connectivity index (χ1v) is 5.27. The van der Waals surface area contributed by atoms with Crippen molar-refractivity contribution >= 4 is 0 Å². The van der Waals surface area contributed by atoms with Crippen molar-refractivity contribution in [2.75, 3.05) is 20.6 Å². The molecule has 0 aliphatic rings. The molecule has 0 saturated heterocycles. The molecule has 0 fully saturated rings. The maximum atomic E-state index is 2.34. The molecule has 0 atom stereocenters. The van der Waals surface area contributed by atoms with Gasteiger partial charge in [0.1, 0.15) is 0 Å². The molecular weight excluding hydrogens is 158 g/mol. The third kappa shape index (κ3) is 8.04. The van der Waals surface area contributed by atoms with Gasteiger partial charge in [-0.15, -0.1) is 0 Å². The van der Waals surface area contributed by atoms with Crippen LogP contribution in [0.25, 0.3) is 0 Å². The summed E-state index contributed by atoms with van der Waals surface area (Å²) in [4.78, 5) is 2.18. The Balaban J connectivity index is 3.66. The normalized spacial score (nSPS) is 13.1. The zero-order valence-electron chi connectivity index (χ0n) is 9.93. The van der Waals surface area contributed by atoms with Gasteiger partial charge in [0.2, 0.25) is 0 Å². The standard InChI is InChI=1S/C12H25N/c1-6-9-12(2,3)10-7-8-11-13(4)5/h7-8H,6,9-11H2,1-5H3/b8-7+. The predicted octanol–water partition coefficient (Wildman–Crippen LogP) is 3.32. The Morgan fingerprint density at radius 3 is 2.23 bits per heavy atom. The molecule has 0 N–H and O–H groups in total. The van der Waals surface area contributed by atoms with Crippen molar-refractivity contribution in [3.8, 4) is 0 Å². The third-order valence-electron chi connectivity index (χ3n) is 2.23. The summed E-state index contributed by atoms with van der Waals surface area (Å²) in [6.07, 6.45) is 8.38. The van der Waals surface area contributed by atoms with Gasteiger partial charge in [-0.25, -0.2) is 0 Å². The summed E-state index contributed by atoms with van der Waals surface area (Å²) in [5.41, 5.74) is 0.484. The summed E-state index contributed by atoms with van der Waals surface area (Å²) >= 11 is 0. The number of likely N-dealkylation sites (N-methyl/N-ethyl adjacent to an activating group) is 1. The lowest BCUT2D eigenvalue weighted by molar-refractivity contribution is 0.335. The summed E-state index contributed by atoms with van der Waals surface area (Å²) in [7, 11) is 4.20. The van der Waals surface area contributed by atoms with E-state index in [1.54, 1.807) is 0 Å². The molecule has 0 aromatic heterocycles. The van der Waals surface area contributed by atoms with E-state index >= 15 is 0 Å². The molecule has 0 radical (unpaired) electrons. The minimum atomic E-state index is 0.484. The zero-order chi connectivity index (χ0) is 10.3. The van der Waals surface area contributed by atoms with Crippen molar-refractivity contribution in [3.63, 3.8) is 0 Å². The van der Waals surface area contributed by atoms with E-state index in [9.17, 15) is 0 Å². The van der Waals surface area contributed by atoms with Crippen molar-refractivity contribution in [2.45, 2.75) is 40.0 Å². The second-order valence-electron chi connectivity index (χ2n) is 4.85. The molecule has 1 heteroatoms. The first-order chi connectivity index (χ1) is 5.98. The van der Waals surface area contributed by atoms with Crippen LogP contribution in [0.5, 0.6) is 0 Å². The van der Waals surface area contributed by atoms with Gasteiger partial charge in [0.05, 0.1) is 0 Å². The Morgan fingerprint density at radius 1 is 1.15 bits per heavy atom. The van der Waals surface area contributed by atoms with E-state index in [4.69, 9.17) is 0 Å². The number of nitrogens with zero attached hydrogens (tertiary/aromatic N) is 1. The van der Waals surface area contributed by atoms with Gasteiger partial charge in [-0.2, -0.15) is 0 Å². The number of allylic oxidation sites excluding steroid dienone is 1. The van der Waals surface area contributed by atoms with E-state index in [0.717, 1.165) is 6.54 Å². The largest absolute Gasteiger partial charge is 0.306 e. The van der Waals surface area contributed by atoms with E-state index in [1.807, 2.05) is 0 Å². The van der Waals surface area contributed by atoms with Crippen LogP contribution < -0.4 is 0 Å². The maximum Gasteiger partial charge on any atom is 0.0157 e. The summed E-state index contributed by atoms with van der Waals surface area (Å²) in [5, 5.41) is 0.